The first kappa shape index (κ1) is 8.69. The molecule has 49 valence electrons. The third-order valence-corrected chi connectivity index (χ3v) is 1.99. The zero-order valence-corrected chi connectivity index (χ0v) is 7.51. The minimum absolute atomic E-state index is 0.354. The van der Waals surface area contributed by atoms with Crippen molar-refractivity contribution in [3.8, 4) is 0 Å². The summed E-state index contributed by atoms with van der Waals surface area (Å²) in [5, 5.41) is 10.6. The van der Waals surface area contributed by atoms with Gasteiger partial charge in [0.15, 0.2) is 0 Å². The maximum atomic E-state index is 10.6. The van der Waals surface area contributed by atoms with Gasteiger partial charge in [0.05, 0.1) is 6.10 Å². The molecule has 2 unspecified atom stereocenters. The number of halogens is 1. The Bertz CT molecular complexity index is 54.5. The Kier molecular flexibility index (Phi) is 4.95. The highest BCUT2D eigenvalue weighted by Gasteiger charge is 2.07. The van der Waals surface area contributed by atoms with Crippen LogP contribution in [0.5, 0.6) is 0 Å². The van der Waals surface area contributed by atoms with E-state index in [1.165, 1.54) is 0 Å². The van der Waals surface area contributed by atoms with E-state index in [2.05, 4.69) is 22.6 Å². The molecule has 0 aliphatic carbocycles. The molecule has 0 aliphatic rings. The molecule has 0 saturated heterocycles. The normalized spacial score (nSPS) is 18.0. The van der Waals surface area contributed by atoms with Crippen molar-refractivity contribution in [3.63, 3.8) is 0 Å². The van der Waals surface area contributed by atoms with Crippen LogP contribution in [0.4, 0.5) is 0 Å². The van der Waals surface area contributed by atoms with E-state index in [1.807, 2.05) is 6.92 Å². The topological polar surface area (TPSA) is 19.9 Å². The van der Waals surface area contributed by atoms with E-state index in [-0.39, 0.29) is 6.10 Å². The van der Waals surface area contributed by atoms with E-state index in [1.54, 1.807) is 6.92 Å². The van der Waals surface area contributed by atoms with Gasteiger partial charge < -0.3 is 0 Å². The number of alkyl halides is 1. The lowest BCUT2D eigenvalue weighted by atomic mass is 10.0. The third kappa shape index (κ3) is 3.66. The fourth-order valence-electron chi connectivity index (χ4n) is 0.407. The second-order valence-electron chi connectivity index (χ2n) is 2.16. The van der Waals surface area contributed by atoms with Crippen LogP contribution in [-0.2, 0) is 5.11 Å². The first-order chi connectivity index (χ1) is 3.68. The van der Waals surface area contributed by atoms with Gasteiger partial charge in [0.2, 0.25) is 0 Å². The summed E-state index contributed by atoms with van der Waals surface area (Å²) < 4.78 is 1.10. The molecule has 2 heteroatoms. The summed E-state index contributed by atoms with van der Waals surface area (Å²) in [4.78, 5) is 0. The molecule has 0 fully saturated rings. The van der Waals surface area contributed by atoms with Crippen LogP contribution in [0.2, 0.25) is 0 Å². The van der Waals surface area contributed by atoms with Crippen LogP contribution in [0.25, 0.3) is 0 Å². The van der Waals surface area contributed by atoms with Crippen LogP contribution in [0, 0.1) is 5.92 Å². The van der Waals surface area contributed by atoms with E-state index in [9.17, 15) is 5.11 Å². The van der Waals surface area contributed by atoms with Gasteiger partial charge in [-0.15, -0.1) is 0 Å². The predicted molar refractivity (Wildman–Crippen MR) is 42.8 cm³/mol. The number of hydrogen-bond acceptors (Lipinski definition) is 0. The molecule has 0 aromatic heterocycles. The van der Waals surface area contributed by atoms with Crippen molar-refractivity contribution in [1.82, 2.24) is 0 Å². The van der Waals surface area contributed by atoms with Crippen LogP contribution in [0.1, 0.15) is 20.3 Å². The molecule has 8 heavy (non-hydrogen) atoms. The van der Waals surface area contributed by atoms with Crippen molar-refractivity contribution < 1.29 is 5.11 Å². The van der Waals surface area contributed by atoms with Gasteiger partial charge in [-0.3, -0.25) is 0 Å². The van der Waals surface area contributed by atoms with Crippen LogP contribution >= 0.6 is 22.6 Å². The highest BCUT2D eigenvalue weighted by atomic mass is 127. The van der Waals surface area contributed by atoms with Crippen molar-refractivity contribution in [2.45, 2.75) is 26.4 Å². The fourth-order valence-corrected chi connectivity index (χ4v) is 1.39. The Morgan fingerprint density at radius 3 is 2.12 bits per heavy atom. The molecule has 0 heterocycles. The number of hydrogen-bond donors (Lipinski definition) is 0. The summed E-state index contributed by atoms with van der Waals surface area (Å²) in [5.74, 6) is 0.354. The van der Waals surface area contributed by atoms with Crippen molar-refractivity contribution in [2.24, 2.45) is 5.92 Å². The van der Waals surface area contributed by atoms with E-state index >= 15 is 0 Å². The van der Waals surface area contributed by atoms with Crippen molar-refractivity contribution in [1.29, 1.82) is 0 Å². The van der Waals surface area contributed by atoms with E-state index in [0.717, 1.165) is 10.8 Å². The first-order valence-electron chi connectivity index (χ1n) is 2.90. The maximum absolute atomic E-state index is 10.6. The van der Waals surface area contributed by atoms with Crippen LogP contribution in [-0.4, -0.2) is 10.5 Å². The second-order valence-corrected chi connectivity index (χ2v) is 3.24. The average molecular weight is 227 g/mol. The molecule has 0 bridgehead atoms. The minimum atomic E-state index is -0.384. The lowest BCUT2D eigenvalue weighted by Crippen LogP contribution is -2.11. The number of rotatable bonds is 3. The van der Waals surface area contributed by atoms with Gasteiger partial charge in [0.1, 0.15) is 0 Å². The Labute approximate surface area is 64.6 Å². The molecule has 0 spiro atoms. The molecular weight excluding hydrogens is 215 g/mol. The van der Waals surface area contributed by atoms with Gasteiger partial charge >= 0.3 is 0 Å². The van der Waals surface area contributed by atoms with E-state index in [0.29, 0.717) is 5.92 Å². The lowest BCUT2D eigenvalue weighted by molar-refractivity contribution is 0.0583. The molecule has 1 nitrogen and oxygen atoms in total. The van der Waals surface area contributed by atoms with Crippen molar-refractivity contribution in [3.05, 3.63) is 0 Å². The molecule has 0 amide bonds. The standard InChI is InChI=1S/C6H12IO/c1-5(3-4-7)6(2)8/h5-6H,3-4H2,1-2H3. The van der Waals surface area contributed by atoms with E-state index < -0.39 is 0 Å². The minimum Gasteiger partial charge on any atom is -0.233 e. The summed E-state index contributed by atoms with van der Waals surface area (Å²) >= 11 is 2.30. The summed E-state index contributed by atoms with van der Waals surface area (Å²) in [6, 6.07) is 0. The highest BCUT2D eigenvalue weighted by Crippen LogP contribution is 2.08. The van der Waals surface area contributed by atoms with Crippen molar-refractivity contribution >= 4 is 22.6 Å². The van der Waals surface area contributed by atoms with Gasteiger partial charge in [0, 0.05) is 0 Å². The summed E-state index contributed by atoms with van der Waals surface area (Å²) in [5.41, 5.74) is 0. The largest absolute Gasteiger partial charge is 0.233 e. The molecule has 2 atom stereocenters. The summed E-state index contributed by atoms with van der Waals surface area (Å²) in [6.45, 7) is 3.74. The Morgan fingerprint density at radius 1 is 1.50 bits per heavy atom. The maximum Gasteiger partial charge on any atom is 0.0927 e. The van der Waals surface area contributed by atoms with Gasteiger partial charge in [-0.25, -0.2) is 5.11 Å². The van der Waals surface area contributed by atoms with Crippen LogP contribution in [0.15, 0.2) is 0 Å². The van der Waals surface area contributed by atoms with Gasteiger partial charge in [-0.2, -0.15) is 0 Å². The van der Waals surface area contributed by atoms with Crippen LogP contribution < -0.4 is 0 Å². The van der Waals surface area contributed by atoms with Crippen molar-refractivity contribution in [2.75, 3.05) is 4.43 Å². The van der Waals surface area contributed by atoms with Gasteiger partial charge in [-0.1, -0.05) is 29.5 Å². The lowest BCUT2D eigenvalue weighted by Gasteiger charge is -2.08. The molecular formula is C6H12IO. The van der Waals surface area contributed by atoms with E-state index in [4.69, 9.17) is 0 Å². The smallest absolute Gasteiger partial charge is 0.0927 e. The second kappa shape index (κ2) is 4.56. The summed E-state index contributed by atoms with van der Waals surface area (Å²) in [7, 11) is 0. The zero-order chi connectivity index (χ0) is 6.57. The fraction of sp³-hybridized carbons (Fsp3) is 1.00. The quantitative estimate of drug-likeness (QED) is 0.520. The zero-order valence-electron chi connectivity index (χ0n) is 5.36. The Hall–Kier alpha value is 0.690. The molecule has 0 aliphatic heterocycles. The third-order valence-electron chi connectivity index (χ3n) is 1.37. The molecule has 0 N–H and O–H groups in total. The molecule has 1 radical (unpaired) electrons. The van der Waals surface area contributed by atoms with Crippen LogP contribution in [0.3, 0.4) is 0 Å². The first-order valence-corrected chi connectivity index (χ1v) is 4.42. The predicted octanol–water partition coefficient (Wildman–Crippen LogP) is 2.27. The van der Waals surface area contributed by atoms with Gasteiger partial charge in [-0.05, 0) is 23.7 Å². The average Bonchev–Trinajstić information content (AvgIpc) is 1.67. The monoisotopic (exact) mass is 227 g/mol. The highest BCUT2D eigenvalue weighted by molar-refractivity contribution is 14.1. The Balaban J connectivity index is 3.17. The summed E-state index contributed by atoms with van der Waals surface area (Å²) in [6.07, 6.45) is 0.676. The molecule has 0 rings (SSSR count). The van der Waals surface area contributed by atoms with Gasteiger partial charge in [0.25, 0.3) is 0 Å². The molecule has 0 aromatic rings. The molecule has 0 aromatic carbocycles. The SMILES string of the molecule is CC([O])C(C)CCI. The Morgan fingerprint density at radius 2 is 2.00 bits per heavy atom. The molecule has 0 saturated carbocycles.